The zero-order valence-corrected chi connectivity index (χ0v) is 19.7. The van der Waals surface area contributed by atoms with Crippen LogP contribution in [-0.2, 0) is 11.8 Å². The van der Waals surface area contributed by atoms with E-state index in [0.29, 0.717) is 27.1 Å². The zero-order valence-electron chi connectivity index (χ0n) is 18.1. The number of hydrogen-bond donors (Lipinski definition) is 1. The number of nitro benzene ring substituents is 1. The molecule has 4 aromatic rings. The third kappa shape index (κ3) is 5.10. The van der Waals surface area contributed by atoms with Gasteiger partial charge in [0.2, 0.25) is 5.91 Å². The summed E-state index contributed by atoms with van der Waals surface area (Å²) in [4.78, 5) is 27.6. The molecule has 0 saturated heterocycles. The zero-order chi connectivity index (χ0) is 23.5. The SMILES string of the molecule is Cc1cccc(-c2nnc(SCC(=O)Nc3nc(-c4ccc(C)c([N+](=O)[O-])c4)cs3)n2C)c1. The first kappa shape index (κ1) is 22.6. The second-order valence-electron chi connectivity index (χ2n) is 7.37. The van der Waals surface area contributed by atoms with Crippen molar-refractivity contribution in [2.75, 3.05) is 11.1 Å². The van der Waals surface area contributed by atoms with Gasteiger partial charge >= 0.3 is 0 Å². The highest BCUT2D eigenvalue weighted by Gasteiger charge is 2.16. The Bertz CT molecular complexity index is 1350. The number of amides is 1. The number of carbonyl (C=O) groups is 1. The van der Waals surface area contributed by atoms with Gasteiger partial charge in [0.05, 0.1) is 16.4 Å². The Kier molecular flexibility index (Phi) is 6.52. The van der Waals surface area contributed by atoms with E-state index in [0.717, 1.165) is 17.0 Å². The summed E-state index contributed by atoms with van der Waals surface area (Å²) in [6, 6.07) is 13.0. The minimum absolute atomic E-state index is 0.0381. The number of thiazole rings is 1. The average molecular weight is 481 g/mol. The summed E-state index contributed by atoms with van der Waals surface area (Å²) in [5, 5.41) is 25.2. The molecule has 2 heterocycles. The van der Waals surface area contributed by atoms with Gasteiger partial charge in [-0.3, -0.25) is 14.9 Å². The molecule has 9 nitrogen and oxygen atoms in total. The van der Waals surface area contributed by atoms with Crippen molar-refractivity contribution in [1.82, 2.24) is 19.7 Å². The van der Waals surface area contributed by atoms with Crippen LogP contribution in [0.15, 0.2) is 53.0 Å². The summed E-state index contributed by atoms with van der Waals surface area (Å²) in [5.74, 6) is 0.652. The van der Waals surface area contributed by atoms with Crippen LogP contribution in [0.2, 0.25) is 0 Å². The van der Waals surface area contributed by atoms with Gasteiger partial charge in [-0.05, 0) is 19.9 Å². The first-order valence-corrected chi connectivity index (χ1v) is 11.8. The molecule has 2 aromatic carbocycles. The van der Waals surface area contributed by atoms with Gasteiger partial charge in [0, 0.05) is 35.2 Å². The van der Waals surface area contributed by atoms with E-state index >= 15 is 0 Å². The fourth-order valence-electron chi connectivity index (χ4n) is 3.19. The molecule has 0 fully saturated rings. The molecule has 4 rings (SSSR count). The number of nitro groups is 1. The number of rotatable bonds is 7. The Morgan fingerprint density at radius 2 is 2.00 bits per heavy atom. The quantitative estimate of drug-likeness (QED) is 0.228. The van der Waals surface area contributed by atoms with Crippen LogP contribution >= 0.6 is 23.1 Å². The first-order chi connectivity index (χ1) is 15.8. The van der Waals surface area contributed by atoms with Crippen molar-refractivity contribution < 1.29 is 9.72 Å². The van der Waals surface area contributed by atoms with Gasteiger partial charge in [0.1, 0.15) is 0 Å². The number of aryl methyl sites for hydroxylation is 2. The molecule has 0 saturated carbocycles. The van der Waals surface area contributed by atoms with Crippen molar-refractivity contribution in [2.24, 2.45) is 7.05 Å². The van der Waals surface area contributed by atoms with Crippen LogP contribution in [0, 0.1) is 24.0 Å². The number of carbonyl (C=O) groups excluding carboxylic acids is 1. The Hall–Kier alpha value is -3.57. The van der Waals surface area contributed by atoms with Gasteiger partial charge in [-0.25, -0.2) is 4.98 Å². The highest BCUT2D eigenvalue weighted by Crippen LogP contribution is 2.30. The second-order valence-corrected chi connectivity index (χ2v) is 9.17. The van der Waals surface area contributed by atoms with Crippen LogP contribution < -0.4 is 5.32 Å². The highest BCUT2D eigenvalue weighted by atomic mass is 32.2. The molecule has 0 unspecified atom stereocenters. The number of nitrogens with zero attached hydrogens (tertiary/aromatic N) is 5. The molecule has 0 spiro atoms. The van der Waals surface area contributed by atoms with Crippen LogP contribution in [-0.4, -0.2) is 36.3 Å². The lowest BCUT2D eigenvalue weighted by molar-refractivity contribution is -0.385. The topological polar surface area (TPSA) is 116 Å². The summed E-state index contributed by atoms with van der Waals surface area (Å²) in [6.07, 6.45) is 0. The monoisotopic (exact) mass is 480 g/mol. The summed E-state index contributed by atoms with van der Waals surface area (Å²) in [7, 11) is 1.87. The van der Waals surface area contributed by atoms with Crippen LogP contribution in [0.5, 0.6) is 0 Å². The molecule has 0 atom stereocenters. The molecule has 33 heavy (non-hydrogen) atoms. The lowest BCUT2D eigenvalue weighted by atomic mass is 10.1. The summed E-state index contributed by atoms with van der Waals surface area (Å²) < 4.78 is 1.86. The molecule has 11 heteroatoms. The minimum atomic E-state index is -0.415. The minimum Gasteiger partial charge on any atom is -0.305 e. The number of nitrogens with one attached hydrogen (secondary N) is 1. The second kappa shape index (κ2) is 9.51. The molecular weight excluding hydrogens is 460 g/mol. The maximum Gasteiger partial charge on any atom is 0.272 e. The lowest BCUT2D eigenvalue weighted by Gasteiger charge is -2.05. The summed E-state index contributed by atoms with van der Waals surface area (Å²) in [6.45, 7) is 3.71. The van der Waals surface area contributed by atoms with Gasteiger partial charge in [-0.15, -0.1) is 21.5 Å². The van der Waals surface area contributed by atoms with E-state index in [1.165, 1.54) is 29.2 Å². The van der Waals surface area contributed by atoms with Crippen molar-refractivity contribution in [3.8, 4) is 22.6 Å². The largest absolute Gasteiger partial charge is 0.305 e. The van der Waals surface area contributed by atoms with Crippen molar-refractivity contribution in [3.63, 3.8) is 0 Å². The van der Waals surface area contributed by atoms with E-state index in [-0.39, 0.29) is 17.3 Å². The van der Waals surface area contributed by atoms with Gasteiger partial charge in [0.25, 0.3) is 5.69 Å². The van der Waals surface area contributed by atoms with E-state index in [1.54, 1.807) is 24.4 Å². The Morgan fingerprint density at radius 3 is 2.76 bits per heavy atom. The van der Waals surface area contributed by atoms with Crippen LogP contribution in [0.3, 0.4) is 0 Å². The van der Waals surface area contributed by atoms with Gasteiger partial charge in [0.15, 0.2) is 16.1 Å². The van der Waals surface area contributed by atoms with Gasteiger partial charge in [-0.2, -0.15) is 0 Å². The molecule has 1 N–H and O–H groups in total. The lowest BCUT2D eigenvalue weighted by Crippen LogP contribution is -2.14. The molecule has 0 aliphatic carbocycles. The average Bonchev–Trinajstić information content (AvgIpc) is 3.39. The smallest absolute Gasteiger partial charge is 0.272 e. The van der Waals surface area contributed by atoms with E-state index < -0.39 is 4.92 Å². The Labute approximate surface area is 198 Å². The van der Waals surface area contributed by atoms with Gasteiger partial charge < -0.3 is 9.88 Å². The Morgan fingerprint density at radius 1 is 1.18 bits per heavy atom. The maximum atomic E-state index is 12.4. The summed E-state index contributed by atoms with van der Waals surface area (Å²) >= 11 is 2.55. The van der Waals surface area contributed by atoms with Crippen molar-refractivity contribution in [2.45, 2.75) is 19.0 Å². The van der Waals surface area contributed by atoms with E-state index in [9.17, 15) is 14.9 Å². The molecule has 1 amide bonds. The molecule has 168 valence electrons. The predicted molar refractivity (Wildman–Crippen MR) is 129 cm³/mol. The number of aromatic nitrogens is 4. The molecule has 2 aromatic heterocycles. The molecule has 0 aliphatic rings. The predicted octanol–water partition coefficient (Wildman–Crippen LogP) is 4.86. The van der Waals surface area contributed by atoms with Crippen LogP contribution in [0.1, 0.15) is 11.1 Å². The molecular formula is C22H20N6O3S2. The fourth-order valence-corrected chi connectivity index (χ4v) is 4.64. The number of benzene rings is 2. The molecule has 0 radical (unpaired) electrons. The standard InChI is InChI=1S/C22H20N6O3S2/c1-13-5-4-6-16(9-13)20-25-26-22(27(20)3)33-12-19(29)24-21-23-17(11-32-21)15-8-7-14(2)18(10-15)28(30)31/h4-11H,12H2,1-3H3,(H,23,24,29). The number of anilines is 1. The van der Waals surface area contributed by atoms with E-state index in [1.807, 2.05) is 42.8 Å². The fraction of sp³-hybridized carbons (Fsp3) is 0.182. The Balaban J connectivity index is 1.39. The van der Waals surface area contributed by atoms with E-state index in [4.69, 9.17) is 0 Å². The molecule has 0 bridgehead atoms. The first-order valence-electron chi connectivity index (χ1n) is 9.92. The normalized spacial score (nSPS) is 10.9. The van der Waals surface area contributed by atoms with E-state index in [2.05, 4.69) is 20.5 Å². The van der Waals surface area contributed by atoms with Crippen molar-refractivity contribution in [1.29, 1.82) is 0 Å². The third-order valence-corrected chi connectivity index (χ3v) is 6.67. The number of hydrogen-bond acceptors (Lipinski definition) is 8. The highest BCUT2D eigenvalue weighted by molar-refractivity contribution is 7.99. The van der Waals surface area contributed by atoms with Crippen molar-refractivity contribution in [3.05, 3.63) is 69.1 Å². The van der Waals surface area contributed by atoms with Crippen molar-refractivity contribution >= 4 is 39.8 Å². The number of thioether (sulfide) groups is 1. The molecule has 0 aliphatic heterocycles. The maximum absolute atomic E-state index is 12.4. The van der Waals surface area contributed by atoms with Gasteiger partial charge in [-0.1, -0.05) is 47.7 Å². The third-order valence-electron chi connectivity index (χ3n) is 4.90. The summed E-state index contributed by atoms with van der Waals surface area (Å²) in [5.41, 5.74) is 3.92. The van der Waals surface area contributed by atoms with Crippen LogP contribution in [0.25, 0.3) is 22.6 Å². The van der Waals surface area contributed by atoms with Crippen LogP contribution in [0.4, 0.5) is 10.8 Å².